The van der Waals surface area contributed by atoms with E-state index in [4.69, 9.17) is 25.9 Å². The number of pyridine rings is 1. The molecule has 0 aliphatic carbocycles. The van der Waals surface area contributed by atoms with Gasteiger partial charge in [0.05, 0.1) is 16.2 Å². The highest BCUT2D eigenvalue weighted by molar-refractivity contribution is 6.82. The van der Waals surface area contributed by atoms with E-state index in [1.165, 1.54) is 0 Å². The lowest BCUT2D eigenvalue weighted by molar-refractivity contribution is 0.00578. The SMILES string of the molecule is CC(C)[Si](C(C)C)(C(C)C)n1ccc2c(B3OC(C)(C)C(C)(C)O3)c(Cl)cnc21. The van der Waals surface area contributed by atoms with E-state index in [9.17, 15) is 0 Å². The molecule has 2 aromatic rings. The molecule has 7 heteroatoms. The van der Waals surface area contributed by atoms with Gasteiger partial charge in [-0.1, -0.05) is 53.1 Å². The third-order valence-electron chi connectivity index (χ3n) is 7.39. The maximum absolute atomic E-state index is 6.66. The van der Waals surface area contributed by atoms with Crippen LogP contribution in [0.5, 0.6) is 0 Å². The molecule has 29 heavy (non-hydrogen) atoms. The molecule has 4 nitrogen and oxygen atoms in total. The molecule has 0 saturated carbocycles. The van der Waals surface area contributed by atoms with Crippen molar-refractivity contribution in [3.63, 3.8) is 0 Å². The largest absolute Gasteiger partial charge is 0.497 e. The van der Waals surface area contributed by atoms with Gasteiger partial charge in [0.15, 0.2) is 8.24 Å². The lowest BCUT2D eigenvalue weighted by atomic mass is 9.77. The molecule has 0 aromatic carbocycles. The molecule has 1 fully saturated rings. The summed E-state index contributed by atoms with van der Waals surface area (Å²) < 4.78 is 15.2. The summed E-state index contributed by atoms with van der Waals surface area (Å²) in [6.45, 7) is 22.5. The van der Waals surface area contributed by atoms with Crippen molar-refractivity contribution in [3.05, 3.63) is 23.5 Å². The van der Waals surface area contributed by atoms with Gasteiger partial charge in [-0.25, -0.2) is 4.98 Å². The van der Waals surface area contributed by atoms with Gasteiger partial charge in [-0.3, -0.25) is 0 Å². The second-order valence-electron chi connectivity index (χ2n) is 10.4. The minimum atomic E-state index is -1.92. The van der Waals surface area contributed by atoms with Crippen LogP contribution in [0.25, 0.3) is 11.0 Å². The maximum Gasteiger partial charge on any atom is 0.497 e. The van der Waals surface area contributed by atoms with Crippen molar-refractivity contribution < 1.29 is 9.31 Å². The number of nitrogens with zero attached hydrogens (tertiary/aromatic N) is 2. The lowest BCUT2D eigenvalue weighted by Crippen LogP contribution is -2.51. The van der Waals surface area contributed by atoms with Crippen LogP contribution in [-0.4, -0.2) is 35.8 Å². The molecule has 0 unspecified atom stereocenters. The summed E-state index contributed by atoms with van der Waals surface area (Å²) in [5, 5.41) is 1.63. The minimum Gasteiger partial charge on any atom is -0.399 e. The topological polar surface area (TPSA) is 36.3 Å². The Morgan fingerprint density at radius 3 is 1.90 bits per heavy atom. The van der Waals surface area contributed by atoms with Gasteiger partial charge in [-0.2, -0.15) is 0 Å². The molecule has 0 atom stereocenters. The Labute approximate surface area is 182 Å². The highest BCUT2D eigenvalue weighted by Crippen LogP contribution is 2.44. The number of fused-ring (bicyclic) bond motifs is 1. The fourth-order valence-electron chi connectivity index (χ4n) is 5.43. The van der Waals surface area contributed by atoms with Gasteiger partial charge >= 0.3 is 7.12 Å². The van der Waals surface area contributed by atoms with Crippen LogP contribution in [0, 0.1) is 0 Å². The molecular formula is C22H36BClN2O2Si. The monoisotopic (exact) mass is 434 g/mol. The van der Waals surface area contributed by atoms with Gasteiger partial charge in [0.1, 0.15) is 5.65 Å². The van der Waals surface area contributed by atoms with E-state index in [1.807, 2.05) is 0 Å². The first-order chi connectivity index (χ1) is 13.3. The van der Waals surface area contributed by atoms with E-state index >= 15 is 0 Å². The summed E-state index contributed by atoms with van der Waals surface area (Å²) in [6.07, 6.45) is 4.00. The average Bonchev–Trinajstić information content (AvgIpc) is 3.05. The summed E-state index contributed by atoms with van der Waals surface area (Å²) in [5.41, 5.74) is 2.81. The molecule has 0 bridgehead atoms. The first-order valence-electron chi connectivity index (χ1n) is 10.8. The van der Waals surface area contributed by atoms with Gasteiger partial charge in [-0.05, 0) is 56.6 Å². The van der Waals surface area contributed by atoms with Crippen LogP contribution in [0.3, 0.4) is 0 Å². The summed E-state index contributed by atoms with van der Waals surface area (Å²) in [5.74, 6) is 0. The fourth-order valence-corrected chi connectivity index (χ4v) is 12.2. The number of rotatable bonds is 5. The normalized spacial score (nSPS) is 19.3. The standard InChI is InChI=1S/C22H36BClN2O2Si/c1-14(2)29(15(3)4,16(5)6)26-12-11-17-19(18(24)13-25-20(17)26)23-27-21(7,8)22(9,10)28-23/h11-16H,1-10H3. The van der Waals surface area contributed by atoms with E-state index in [2.05, 4.69) is 85.7 Å². The number of halogens is 1. The van der Waals surface area contributed by atoms with Crippen molar-refractivity contribution >= 4 is 43.5 Å². The second-order valence-corrected chi connectivity index (χ2v) is 16.5. The van der Waals surface area contributed by atoms with Gasteiger partial charge < -0.3 is 13.5 Å². The van der Waals surface area contributed by atoms with Crippen molar-refractivity contribution in [2.24, 2.45) is 0 Å². The first-order valence-corrected chi connectivity index (χ1v) is 13.3. The van der Waals surface area contributed by atoms with Gasteiger partial charge in [0, 0.05) is 17.0 Å². The molecule has 2 aromatic heterocycles. The molecule has 1 aliphatic rings. The van der Waals surface area contributed by atoms with Crippen LogP contribution in [0.2, 0.25) is 21.6 Å². The lowest BCUT2D eigenvalue weighted by Gasteiger charge is -2.44. The molecule has 160 valence electrons. The molecule has 0 amide bonds. The summed E-state index contributed by atoms with van der Waals surface area (Å²) in [4.78, 5) is 4.81. The van der Waals surface area contributed by atoms with Crippen molar-refractivity contribution in [1.82, 2.24) is 9.22 Å². The van der Waals surface area contributed by atoms with Crippen LogP contribution in [0.4, 0.5) is 0 Å². The van der Waals surface area contributed by atoms with Crippen LogP contribution >= 0.6 is 11.6 Å². The molecule has 3 rings (SSSR count). The predicted octanol–water partition coefficient (Wildman–Crippen LogP) is 6.01. The molecule has 1 saturated heterocycles. The Morgan fingerprint density at radius 1 is 0.966 bits per heavy atom. The Kier molecular flexibility index (Phi) is 5.83. The van der Waals surface area contributed by atoms with Crippen molar-refractivity contribution in [3.8, 4) is 0 Å². The Balaban J connectivity index is 2.23. The zero-order chi connectivity index (χ0) is 21.9. The van der Waals surface area contributed by atoms with Gasteiger partial charge in [-0.15, -0.1) is 0 Å². The average molecular weight is 435 g/mol. The Morgan fingerprint density at radius 2 is 1.45 bits per heavy atom. The minimum absolute atomic E-state index is 0.411. The predicted molar refractivity (Wildman–Crippen MR) is 127 cm³/mol. The molecule has 0 N–H and O–H groups in total. The van der Waals surface area contributed by atoms with Gasteiger partial charge in [0.2, 0.25) is 0 Å². The van der Waals surface area contributed by atoms with Crippen molar-refractivity contribution in [2.45, 2.75) is 97.1 Å². The first kappa shape index (κ1) is 22.9. The summed E-state index contributed by atoms with van der Waals surface area (Å²) in [6, 6.07) is 2.16. The molecule has 0 spiro atoms. The molecule has 0 radical (unpaired) electrons. The third-order valence-corrected chi connectivity index (χ3v) is 14.4. The second kappa shape index (κ2) is 7.40. The quantitative estimate of drug-likeness (QED) is 0.540. The van der Waals surface area contributed by atoms with Crippen LogP contribution in [-0.2, 0) is 9.31 Å². The molecular weight excluding hydrogens is 399 g/mol. The number of hydrogen-bond donors (Lipinski definition) is 0. The van der Waals surface area contributed by atoms with Gasteiger partial charge in [0.25, 0.3) is 0 Å². The summed E-state index contributed by atoms with van der Waals surface area (Å²) >= 11 is 6.66. The smallest absolute Gasteiger partial charge is 0.399 e. The van der Waals surface area contributed by atoms with E-state index in [0.717, 1.165) is 16.5 Å². The van der Waals surface area contributed by atoms with Crippen LogP contribution in [0.1, 0.15) is 69.2 Å². The molecule has 3 heterocycles. The van der Waals surface area contributed by atoms with E-state index < -0.39 is 26.6 Å². The third kappa shape index (κ3) is 3.31. The zero-order valence-corrected chi connectivity index (χ0v) is 21.4. The number of hydrogen-bond acceptors (Lipinski definition) is 3. The van der Waals surface area contributed by atoms with Crippen LogP contribution < -0.4 is 5.46 Å². The van der Waals surface area contributed by atoms with Crippen molar-refractivity contribution in [1.29, 1.82) is 0 Å². The van der Waals surface area contributed by atoms with E-state index in [0.29, 0.717) is 21.6 Å². The zero-order valence-electron chi connectivity index (χ0n) is 19.6. The maximum atomic E-state index is 6.66. The Hall–Kier alpha value is -0.818. The number of aromatic nitrogens is 2. The highest BCUT2D eigenvalue weighted by Gasteiger charge is 2.53. The molecule has 1 aliphatic heterocycles. The van der Waals surface area contributed by atoms with Crippen LogP contribution in [0.15, 0.2) is 18.5 Å². The highest BCUT2D eigenvalue weighted by atomic mass is 35.5. The van der Waals surface area contributed by atoms with E-state index in [-0.39, 0.29) is 0 Å². The summed E-state index contributed by atoms with van der Waals surface area (Å²) in [7, 11) is -2.42. The fraction of sp³-hybridized carbons (Fsp3) is 0.682. The van der Waals surface area contributed by atoms with Crippen molar-refractivity contribution in [2.75, 3.05) is 0 Å². The van der Waals surface area contributed by atoms with E-state index in [1.54, 1.807) is 6.20 Å². The Bertz CT molecular complexity index is 870.